The van der Waals surface area contributed by atoms with E-state index in [-0.39, 0.29) is 29.3 Å². The highest BCUT2D eigenvalue weighted by molar-refractivity contribution is 5.97. The zero-order chi connectivity index (χ0) is 19.0. The first-order valence-corrected chi connectivity index (χ1v) is 10.1. The summed E-state index contributed by atoms with van der Waals surface area (Å²) < 4.78 is 6.09. The average molecular weight is 374 g/mol. The van der Waals surface area contributed by atoms with Crippen LogP contribution in [0.4, 0.5) is 0 Å². The molecule has 0 aromatic heterocycles. The van der Waals surface area contributed by atoms with Crippen molar-refractivity contribution >= 4 is 5.91 Å². The van der Waals surface area contributed by atoms with E-state index in [1.54, 1.807) is 12.1 Å². The van der Waals surface area contributed by atoms with E-state index in [0.29, 0.717) is 18.7 Å². The van der Waals surface area contributed by atoms with Gasteiger partial charge in [-0.1, -0.05) is 11.6 Å². The molecule has 3 heterocycles. The first kappa shape index (κ1) is 18.7. The number of phenolic OH excluding ortho intramolecular Hbond substituents is 1. The molecule has 27 heavy (non-hydrogen) atoms. The molecule has 1 spiro atoms. The Morgan fingerprint density at radius 1 is 1.30 bits per heavy atom. The van der Waals surface area contributed by atoms with Gasteiger partial charge in [0.05, 0.1) is 24.4 Å². The largest absolute Gasteiger partial charge is 0.507 e. The number of benzene rings is 1. The summed E-state index contributed by atoms with van der Waals surface area (Å²) in [6.45, 7) is 6.74. The quantitative estimate of drug-likeness (QED) is 0.844. The molecule has 3 aliphatic heterocycles. The van der Waals surface area contributed by atoms with E-state index >= 15 is 0 Å². The summed E-state index contributed by atoms with van der Waals surface area (Å²) in [7, 11) is 0. The maximum atomic E-state index is 12.8. The second kappa shape index (κ2) is 7.41. The lowest BCUT2D eigenvalue weighted by Crippen LogP contribution is -2.43. The molecule has 2 N–H and O–H groups in total. The number of aryl methyl sites for hydroxylation is 1. The number of aromatic hydroxyl groups is 1. The Balaban J connectivity index is 1.32. The van der Waals surface area contributed by atoms with Crippen LogP contribution in [-0.4, -0.2) is 77.5 Å². The number of piperidine rings is 1. The molecule has 0 aliphatic carbocycles. The molecule has 3 aliphatic rings. The van der Waals surface area contributed by atoms with Crippen LogP contribution in [0.2, 0.25) is 0 Å². The molecule has 0 saturated carbocycles. The molecule has 2 atom stereocenters. The molecule has 6 heteroatoms. The Morgan fingerprint density at radius 3 is 2.78 bits per heavy atom. The topological polar surface area (TPSA) is 73.2 Å². The van der Waals surface area contributed by atoms with Gasteiger partial charge in [-0.2, -0.15) is 0 Å². The van der Waals surface area contributed by atoms with E-state index in [1.165, 1.54) is 0 Å². The highest BCUT2D eigenvalue weighted by Gasteiger charge is 2.44. The molecular weight excluding hydrogens is 344 g/mol. The highest BCUT2D eigenvalue weighted by atomic mass is 16.5. The number of carbonyl (C=O) groups is 1. The molecule has 6 nitrogen and oxygen atoms in total. The second-order valence-corrected chi connectivity index (χ2v) is 8.65. The molecule has 0 radical (unpaired) electrons. The third kappa shape index (κ3) is 3.98. The molecular formula is C21H30N2O4. The molecule has 0 bridgehead atoms. The van der Waals surface area contributed by atoms with Crippen LogP contribution in [0.1, 0.15) is 41.6 Å². The molecule has 1 aromatic rings. The lowest BCUT2D eigenvalue weighted by atomic mass is 9.76. The van der Waals surface area contributed by atoms with Crippen LogP contribution in [0.25, 0.3) is 0 Å². The van der Waals surface area contributed by atoms with Crippen LogP contribution in [0.15, 0.2) is 18.2 Å². The van der Waals surface area contributed by atoms with E-state index in [1.807, 2.05) is 17.9 Å². The van der Waals surface area contributed by atoms with E-state index in [0.717, 1.165) is 57.5 Å². The number of β-amino-alcohol motifs (C(OH)–C–C–N with tert-alkyl or cyclic N) is 1. The number of hydrogen-bond donors (Lipinski definition) is 2. The number of rotatable bonds is 3. The van der Waals surface area contributed by atoms with E-state index < -0.39 is 0 Å². The van der Waals surface area contributed by atoms with Gasteiger partial charge in [0.25, 0.3) is 5.91 Å². The van der Waals surface area contributed by atoms with Crippen LogP contribution >= 0.6 is 0 Å². The molecule has 4 rings (SSSR count). The molecule has 3 fully saturated rings. The minimum absolute atomic E-state index is 0.0583. The summed E-state index contributed by atoms with van der Waals surface area (Å²) in [6.07, 6.45) is 3.85. The molecule has 1 amide bonds. The third-order valence-corrected chi connectivity index (χ3v) is 6.49. The van der Waals surface area contributed by atoms with Gasteiger partial charge in [-0.15, -0.1) is 0 Å². The average Bonchev–Trinajstić information content (AvgIpc) is 3.24. The summed E-state index contributed by atoms with van der Waals surface area (Å²) in [5, 5.41) is 19.7. The first-order chi connectivity index (χ1) is 12.9. The van der Waals surface area contributed by atoms with Crippen LogP contribution in [0.3, 0.4) is 0 Å². The summed E-state index contributed by atoms with van der Waals surface area (Å²) in [5.74, 6) is -0.0180. The predicted molar refractivity (Wildman–Crippen MR) is 102 cm³/mol. The van der Waals surface area contributed by atoms with Crippen LogP contribution in [0, 0.1) is 12.3 Å². The Bertz CT molecular complexity index is 699. The fourth-order valence-corrected chi connectivity index (χ4v) is 4.80. The monoisotopic (exact) mass is 374 g/mol. The maximum Gasteiger partial charge on any atom is 0.257 e. The molecule has 148 valence electrons. The predicted octanol–water partition coefficient (Wildman–Crippen LogP) is 1.78. The Morgan fingerprint density at radius 2 is 2.07 bits per heavy atom. The Labute approximate surface area is 160 Å². The van der Waals surface area contributed by atoms with E-state index in [4.69, 9.17) is 4.74 Å². The number of likely N-dealkylation sites (tertiary alicyclic amines) is 2. The van der Waals surface area contributed by atoms with Crippen molar-refractivity contribution in [1.82, 2.24) is 9.80 Å². The van der Waals surface area contributed by atoms with Crippen LogP contribution < -0.4 is 0 Å². The normalized spacial score (nSPS) is 28.1. The van der Waals surface area contributed by atoms with Gasteiger partial charge in [0.1, 0.15) is 5.75 Å². The zero-order valence-electron chi connectivity index (χ0n) is 16.1. The summed E-state index contributed by atoms with van der Waals surface area (Å²) >= 11 is 0. The molecule has 3 saturated heterocycles. The number of aliphatic hydroxyl groups excluding tert-OH is 1. The van der Waals surface area contributed by atoms with Crippen molar-refractivity contribution in [1.29, 1.82) is 0 Å². The van der Waals surface area contributed by atoms with Gasteiger partial charge >= 0.3 is 0 Å². The number of ether oxygens (including phenoxy) is 1. The number of hydrogen-bond acceptors (Lipinski definition) is 5. The lowest BCUT2D eigenvalue weighted by molar-refractivity contribution is 0.0449. The van der Waals surface area contributed by atoms with Gasteiger partial charge in [0.2, 0.25) is 0 Å². The second-order valence-electron chi connectivity index (χ2n) is 8.65. The zero-order valence-corrected chi connectivity index (χ0v) is 16.1. The van der Waals surface area contributed by atoms with E-state index in [2.05, 4.69) is 4.90 Å². The SMILES string of the molecule is Cc1ccc(O)c(C(=O)N2CCC3(CC2)CO[C@@H](CN2CC[C@H](O)C2)C3)c1. The summed E-state index contributed by atoms with van der Waals surface area (Å²) in [6, 6.07) is 5.17. The van der Waals surface area contributed by atoms with Crippen molar-refractivity contribution in [3.05, 3.63) is 29.3 Å². The smallest absolute Gasteiger partial charge is 0.257 e. The van der Waals surface area contributed by atoms with Crippen LogP contribution in [-0.2, 0) is 4.74 Å². The fourth-order valence-electron chi connectivity index (χ4n) is 4.80. The number of amides is 1. The Kier molecular flexibility index (Phi) is 5.14. The highest BCUT2D eigenvalue weighted by Crippen LogP contribution is 2.42. The van der Waals surface area contributed by atoms with Crippen molar-refractivity contribution in [3.63, 3.8) is 0 Å². The number of carbonyl (C=O) groups excluding carboxylic acids is 1. The van der Waals surface area contributed by atoms with Gasteiger partial charge in [0, 0.05) is 32.7 Å². The van der Waals surface area contributed by atoms with Crippen LogP contribution in [0.5, 0.6) is 5.75 Å². The van der Waals surface area contributed by atoms with Crippen molar-refractivity contribution in [2.24, 2.45) is 5.41 Å². The number of aliphatic hydroxyl groups is 1. The van der Waals surface area contributed by atoms with Crippen molar-refractivity contribution in [3.8, 4) is 5.75 Å². The molecule has 0 unspecified atom stereocenters. The summed E-state index contributed by atoms with van der Waals surface area (Å²) in [4.78, 5) is 17.0. The van der Waals surface area contributed by atoms with Gasteiger partial charge < -0.3 is 19.8 Å². The Hall–Kier alpha value is -1.63. The standard InChI is InChI=1S/C21H30N2O4/c1-15-2-3-19(25)18(10-15)20(26)23-8-5-21(6-9-23)11-17(27-14-21)13-22-7-4-16(24)12-22/h2-3,10,16-17,24-25H,4-9,11-14H2,1H3/t16-,17+/m0/s1. The van der Waals surface area contributed by atoms with Gasteiger partial charge in [-0.25, -0.2) is 0 Å². The van der Waals surface area contributed by atoms with Crippen molar-refractivity contribution < 1.29 is 19.7 Å². The molecule has 1 aromatic carbocycles. The van der Waals surface area contributed by atoms with Crippen molar-refractivity contribution in [2.45, 2.75) is 44.8 Å². The third-order valence-electron chi connectivity index (χ3n) is 6.49. The lowest BCUT2D eigenvalue weighted by Gasteiger charge is -2.38. The maximum absolute atomic E-state index is 12.8. The fraction of sp³-hybridized carbons (Fsp3) is 0.667. The van der Waals surface area contributed by atoms with Crippen molar-refractivity contribution in [2.75, 3.05) is 39.3 Å². The van der Waals surface area contributed by atoms with Gasteiger partial charge in [-0.3, -0.25) is 9.69 Å². The summed E-state index contributed by atoms with van der Waals surface area (Å²) in [5.41, 5.74) is 1.55. The van der Waals surface area contributed by atoms with Gasteiger partial charge in [0.15, 0.2) is 0 Å². The first-order valence-electron chi connectivity index (χ1n) is 10.1. The minimum atomic E-state index is -0.187. The van der Waals surface area contributed by atoms with E-state index in [9.17, 15) is 15.0 Å². The minimum Gasteiger partial charge on any atom is -0.507 e. The number of phenols is 1. The number of nitrogens with zero attached hydrogens (tertiary/aromatic N) is 2. The van der Waals surface area contributed by atoms with Gasteiger partial charge in [-0.05, 0) is 50.2 Å².